The van der Waals surface area contributed by atoms with Crippen LogP contribution in [0.5, 0.6) is 0 Å². The van der Waals surface area contributed by atoms with E-state index in [1.165, 1.54) is 0 Å². The molecule has 18 heavy (non-hydrogen) atoms. The van der Waals surface area contributed by atoms with Crippen molar-refractivity contribution in [2.75, 3.05) is 26.2 Å². The van der Waals surface area contributed by atoms with Gasteiger partial charge in [-0.1, -0.05) is 6.92 Å². The number of aliphatic hydroxyl groups is 1. The minimum atomic E-state index is -0.703. The zero-order chi connectivity index (χ0) is 13.2. The van der Waals surface area contributed by atoms with Gasteiger partial charge in [0.1, 0.15) is 0 Å². The number of rotatable bonds is 2. The summed E-state index contributed by atoms with van der Waals surface area (Å²) in [5.74, 6) is 0.247. The maximum absolute atomic E-state index is 12.8. The van der Waals surface area contributed by atoms with Gasteiger partial charge >= 0.3 is 0 Å². The van der Waals surface area contributed by atoms with Crippen LogP contribution in [0.2, 0.25) is 0 Å². The highest BCUT2D eigenvalue weighted by molar-refractivity contribution is 5.83. The first-order valence-electron chi connectivity index (χ1n) is 7.22. The molecule has 0 bridgehead atoms. The van der Waals surface area contributed by atoms with Gasteiger partial charge in [0.05, 0.1) is 11.0 Å². The zero-order valence-corrected chi connectivity index (χ0v) is 11.7. The molecule has 0 aliphatic carbocycles. The minimum absolute atomic E-state index is 0.230. The van der Waals surface area contributed by atoms with E-state index in [0.29, 0.717) is 6.54 Å². The molecule has 2 aliphatic heterocycles. The molecule has 0 aromatic rings. The van der Waals surface area contributed by atoms with Gasteiger partial charge in [0.2, 0.25) is 5.91 Å². The summed E-state index contributed by atoms with van der Waals surface area (Å²) in [7, 11) is 0. The van der Waals surface area contributed by atoms with Crippen LogP contribution in [0.4, 0.5) is 0 Å². The van der Waals surface area contributed by atoms with Crippen LogP contribution in [0.15, 0.2) is 0 Å². The monoisotopic (exact) mass is 254 g/mol. The first-order valence-corrected chi connectivity index (χ1v) is 7.22. The Labute approximate surface area is 110 Å². The molecule has 0 radical (unpaired) electrons. The predicted octanol–water partition coefficient (Wildman–Crippen LogP) is 1.14. The van der Waals surface area contributed by atoms with Crippen LogP contribution < -0.4 is 5.32 Å². The van der Waals surface area contributed by atoms with E-state index in [1.807, 2.05) is 11.8 Å². The number of amides is 1. The summed E-state index contributed by atoms with van der Waals surface area (Å²) < 4.78 is 0. The molecular weight excluding hydrogens is 228 g/mol. The number of carbonyl (C=O) groups is 1. The Morgan fingerprint density at radius 1 is 1.39 bits per heavy atom. The van der Waals surface area contributed by atoms with Crippen LogP contribution in [0.1, 0.15) is 46.0 Å². The number of likely N-dealkylation sites (tertiary alicyclic amines) is 1. The van der Waals surface area contributed by atoms with Crippen molar-refractivity contribution in [3.05, 3.63) is 0 Å². The molecule has 2 atom stereocenters. The van der Waals surface area contributed by atoms with E-state index in [2.05, 4.69) is 12.2 Å². The first-order chi connectivity index (χ1) is 8.49. The lowest BCUT2D eigenvalue weighted by Gasteiger charge is -2.44. The number of nitrogens with zero attached hydrogens (tertiary/aromatic N) is 1. The number of hydrogen-bond donors (Lipinski definition) is 2. The molecule has 1 amide bonds. The maximum atomic E-state index is 12.8. The van der Waals surface area contributed by atoms with E-state index in [9.17, 15) is 9.90 Å². The quantitative estimate of drug-likeness (QED) is 0.777. The standard InChI is InChI=1S/C14H26N2O2/c1-3-14(7-4-8-15-10-14)12(17)16-9-5-6-13(2,18)11-16/h15,18H,3-11H2,1-2H3. The lowest BCUT2D eigenvalue weighted by atomic mass is 9.76. The van der Waals surface area contributed by atoms with Crippen molar-refractivity contribution in [2.45, 2.75) is 51.6 Å². The Morgan fingerprint density at radius 2 is 2.17 bits per heavy atom. The molecule has 2 aliphatic rings. The average Bonchev–Trinajstić information content (AvgIpc) is 2.37. The number of hydrogen-bond acceptors (Lipinski definition) is 3. The van der Waals surface area contributed by atoms with E-state index >= 15 is 0 Å². The predicted molar refractivity (Wildman–Crippen MR) is 71.3 cm³/mol. The summed E-state index contributed by atoms with van der Waals surface area (Å²) in [6.45, 7) is 7.05. The van der Waals surface area contributed by atoms with Crippen molar-refractivity contribution in [1.82, 2.24) is 10.2 Å². The van der Waals surface area contributed by atoms with Crippen molar-refractivity contribution >= 4 is 5.91 Å². The maximum Gasteiger partial charge on any atom is 0.230 e. The second kappa shape index (κ2) is 5.17. The molecule has 0 saturated carbocycles. The molecule has 0 aromatic carbocycles. The van der Waals surface area contributed by atoms with Gasteiger partial charge in [-0.25, -0.2) is 0 Å². The highest BCUT2D eigenvalue weighted by Crippen LogP contribution is 2.34. The van der Waals surface area contributed by atoms with E-state index in [4.69, 9.17) is 0 Å². The van der Waals surface area contributed by atoms with Gasteiger partial charge < -0.3 is 15.3 Å². The number of carbonyl (C=O) groups excluding carboxylic acids is 1. The summed E-state index contributed by atoms with van der Waals surface area (Å²) in [6.07, 6.45) is 4.65. The van der Waals surface area contributed by atoms with Crippen LogP contribution >= 0.6 is 0 Å². The summed E-state index contributed by atoms with van der Waals surface area (Å²) in [5.41, 5.74) is -0.934. The third-order valence-corrected chi connectivity index (χ3v) is 4.56. The van der Waals surface area contributed by atoms with Crippen molar-refractivity contribution < 1.29 is 9.90 Å². The fourth-order valence-electron chi connectivity index (χ4n) is 3.33. The third-order valence-electron chi connectivity index (χ3n) is 4.56. The van der Waals surface area contributed by atoms with Gasteiger partial charge in [-0.3, -0.25) is 4.79 Å². The van der Waals surface area contributed by atoms with Crippen LogP contribution in [0, 0.1) is 5.41 Å². The average molecular weight is 254 g/mol. The van der Waals surface area contributed by atoms with Crippen molar-refractivity contribution in [2.24, 2.45) is 5.41 Å². The second-order valence-corrected chi connectivity index (χ2v) is 6.24. The van der Waals surface area contributed by atoms with Crippen LogP contribution in [0.25, 0.3) is 0 Å². The van der Waals surface area contributed by atoms with Gasteiger partial charge in [-0.15, -0.1) is 0 Å². The van der Waals surface area contributed by atoms with Crippen LogP contribution in [0.3, 0.4) is 0 Å². The van der Waals surface area contributed by atoms with Gasteiger partial charge in [0, 0.05) is 19.6 Å². The molecule has 2 unspecified atom stereocenters. The molecular formula is C14H26N2O2. The Bertz CT molecular complexity index is 309. The van der Waals surface area contributed by atoms with Crippen molar-refractivity contribution in [3.8, 4) is 0 Å². The van der Waals surface area contributed by atoms with Gasteiger partial charge in [0.25, 0.3) is 0 Å². The van der Waals surface area contributed by atoms with Gasteiger partial charge in [-0.2, -0.15) is 0 Å². The smallest absolute Gasteiger partial charge is 0.230 e. The topological polar surface area (TPSA) is 52.6 Å². The molecule has 4 nitrogen and oxygen atoms in total. The lowest BCUT2D eigenvalue weighted by Crippen LogP contribution is -2.56. The highest BCUT2D eigenvalue weighted by atomic mass is 16.3. The Hall–Kier alpha value is -0.610. The Morgan fingerprint density at radius 3 is 2.72 bits per heavy atom. The van der Waals surface area contributed by atoms with E-state index in [-0.39, 0.29) is 11.3 Å². The van der Waals surface area contributed by atoms with Crippen LogP contribution in [-0.4, -0.2) is 47.7 Å². The minimum Gasteiger partial charge on any atom is -0.388 e. The van der Waals surface area contributed by atoms with Crippen molar-refractivity contribution in [1.29, 1.82) is 0 Å². The molecule has 2 fully saturated rings. The summed E-state index contributed by atoms with van der Waals surface area (Å²) in [5, 5.41) is 13.5. The SMILES string of the molecule is CCC1(C(=O)N2CCCC(C)(O)C2)CCCNC1. The zero-order valence-electron chi connectivity index (χ0n) is 11.7. The fourth-order valence-corrected chi connectivity index (χ4v) is 3.33. The number of β-amino-alcohol motifs (C(OH)–C–C–N with tert-alkyl or cyclic N) is 1. The van der Waals surface area contributed by atoms with E-state index in [0.717, 1.165) is 51.7 Å². The third kappa shape index (κ3) is 2.69. The highest BCUT2D eigenvalue weighted by Gasteiger charge is 2.43. The number of nitrogens with one attached hydrogen (secondary N) is 1. The Kier molecular flexibility index (Phi) is 3.97. The van der Waals surface area contributed by atoms with Gasteiger partial charge in [-0.05, 0) is 45.6 Å². The summed E-state index contributed by atoms with van der Waals surface area (Å²) >= 11 is 0. The normalized spacial score (nSPS) is 37.6. The Balaban J connectivity index is 2.09. The van der Waals surface area contributed by atoms with E-state index < -0.39 is 5.60 Å². The summed E-state index contributed by atoms with van der Waals surface area (Å²) in [6, 6.07) is 0. The summed E-state index contributed by atoms with van der Waals surface area (Å²) in [4.78, 5) is 14.7. The molecule has 0 aromatic heterocycles. The van der Waals surface area contributed by atoms with Crippen molar-refractivity contribution in [3.63, 3.8) is 0 Å². The molecule has 4 heteroatoms. The molecule has 2 rings (SSSR count). The molecule has 2 N–H and O–H groups in total. The number of piperidine rings is 2. The molecule has 0 spiro atoms. The molecule has 2 saturated heterocycles. The van der Waals surface area contributed by atoms with E-state index in [1.54, 1.807) is 0 Å². The second-order valence-electron chi connectivity index (χ2n) is 6.24. The van der Waals surface area contributed by atoms with Gasteiger partial charge in [0.15, 0.2) is 0 Å². The van der Waals surface area contributed by atoms with Crippen LogP contribution in [-0.2, 0) is 4.79 Å². The molecule has 2 heterocycles. The fraction of sp³-hybridized carbons (Fsp3) is 0.929. The lowest BCUT2D eigenvalue weighted by molar-refractivity contribution is -0.150. The molecule has 104 valence electrons. The largest absolute Gasteiger partial charge is 0.388 e. The first kappa shape index (κ1) is 13.8.